The molecule has 3 nitrogen and oxygen atoms in total. The standard InChI is InChI=1S/C15H12ClNO2S/c1-20(18,19)17-14-8-7-13(16)9-12(14)10-15(17)11-5-3-2-4-6-11/h2-10H,1H3. The number of fused-ring (bicyclic) bond motifs is 1. The summed E-state index contributed by atoms with van der Waals surface area (Å²) in [5, 5.41) is 1.39. The van der Waals surface area contributed by atoms with Crippen molar-refractivity contribution in [3.8, 4) is 11.3 Å². The second-order valence-electron chi connectivity index (χ2n) is 4.63. The van der Waals surface area contributed by atoms with Crippen LogP contribution in [0, 0.1) is 0 Å². The number of aromatic nitrogens is 1. The van der Waals surface area contributed by atoms with Gasteiger partial charge >= 0.3 is 0 Å². The Bertz CT molecular complexity index is 883. The first kappa shape index (κ1) is 13.2. The van der Waals surface area contributed by atoms with E-state index in [0.717, 1.165) is 10.9 Å². The monoisotopic (exact) mass is 305 g/mol. The second-order valence-corrected chi connectivity index (χ2v) is 6.89. The zero-order chi connectivity index (χ0) is 14.3. The second kappa shape index (κ2) is 4.65. The molecule has 102 valence electrons. The molecule has 5 heteroatoms. The van der Waals surface area contributed by atoms with E-state index in [1.807, 2.05) is 36.4 Å². The molecule has 0 fully saturated rings. The number of nitrogens with zero attached hydrogens (tertiary/aromatic N) is 1. The molecule has 0 atom stereocenters. The van der Waals surface area contributed by atoms with E-state index in [9.17, 15) is 8.42 Å². The predicted molar refractivity (Wildman–Crippen MR) is 82.6 cm³/mol. The van der Waals surface area contributed by atoms with E-state index in [-0.39, 0.29) is 0 Å². The maximum atomic E-state index is 12.1. The molecule has 0 saturated carbocycles. The summed E-state index contributed by atoms with van der Waals surface area (Å²) in [6.07, 6.45) is 1.20. The number of hydrogen-bond acceptors (Lipinski definition) is 2. The lowest BCUT2D eigenvalue weighted by atomic mass is 10.1. The van der Waals surface area contributed by atoms with Gasteiger partial charge in [0.25, 0.3) is 0 Å². The first-order chi connectivity index (χ1) is 9.47. The van der Waals surface area contributed by atoms with E-state index >= 15 is 0 Å². The quantitative estimate of drug-likeness (QED) is 0.723. The minimum atomic E-state index is -3.40. The first-order valence-electron chi connectivity index (χ1n) is 6.04. The van der Waals surface area contributed by atoms with Gasteiger partial charge in [-0.05, 0) is 29.8 Å². The predicted octanol–water partition coefficient (Wildman–Crippen LogP) is 3.77. The zero-order valence-electron chi connectivity index (χ0n) is 10.7. The van der Waals surface area contributed by atoms with Crippen LogP contribution in [-0.2, 0) is 10.0 Å². The third-order valence-corrected chi connectivity index (χ3v) is 4.41. The summed E-state index contributed by atoms with van der Waals surface area (Å²) in [7, 11) is -3.40. The SMILES string of the molecule is CS(=O)(=O)n1c(-c2ccccc2)cc2cc(Cl)ccc21. The van der Waals surface area contributed by atoms with Crippen LogP contribution in [0.4, 0.5) is 0 Å². The van der Waals surface area contributed by atoms with Crippen LogP contribution in [-0.4, -0.2) is 18.6 Å². The van der Waals surface area contributed by atoms with Gasteiger partial charge in [0.1, 0.15) is 0 Å². The fraction of sp³-hybridized carbons (Fsp3) is 0.0667. The van der Waals surface area contributed by atoms with E-state index in [4.69, 9.17) is 11.6 Å². The summed E-state index contributed by atoms with van der Waals surface area (Å²) in [4.78, 5) is 0. The Morgan fingerprint density at radius 2 is 1.70 bits per heavy atom. The summed E-state index contributed by atoms with van der Waals surface area (Å²) < 4.78 is 25.6. The highest BCUT2D eigenvalue weighted by atomic mass is 35.5. The molecule has 0 saturated heterocycles. The van der Waals surface area contributed by atoms with Crippen LogP contribution in [0.1, 0.15) is 0 Å². The molecule has 3 aromatic rings. The van der Waals surface area contributed by atoms with Crippen LogP contribution in [0.3, 0.4) is 0 Å². The maximum Gasteiger partial charge on any atom is 0.236 e. The highest BCUT2D eigenvalue weighted by Crippen LogP contribution is 2.31. The van der Waals surface area contributed by atoms with Crippen molar-refractivity contribution in [2.45, 2.75) is 0 Å². The highest BCUT2D eigenvalue weighted by Gasteiger charge is 2.17. The molecule has 0 radical (unpaired) electrons. The van der Waals surface area contributed by atoms with Gasteiger partial charge in [0.15, 0.2) is 0 Å². The largest absolute Gasteiger partial charge is 0.237 e. The smallest absolute Gasteiger partial charge is 0.236 e. The van der Waals surface area contributed by atoms with Gasteiger partial charge in [0, 0.05) is 10.4 Å². The topological polar surface area (TPSA) is 39.1 Å². The van der Waals surface area contributed by atoms with Gasteiger partial charge in [-0.15, -0.1) is 0 Å². The molecule has 20 heavy (non-hydrogen) atoms. The molecule has 0 amide bonds. The van der Waals surface area contributed by atoms with Gasteiger partial charge < -0.3 is 0 Å². The van der Waals surface area contributed by atoms with Crippen molar-refractivity contribution < 1.29 is 8.42 Å². The Kier molecular flexibility index (Phi) is 3.07. The summed E-state index contributed by atoms with van der Waals surface area (Å²) in [6.45, 7) is 0. The maximum absolute atomic E-state index is 12.1. The molecular formula is C15H12ClNO2S. The molecule has 1 heterocycles. The molecule has 0 bridgehead atoms. The molecule has 0 N–H and O–H groups in total. The van der Waals surface area contributed by atoms with Crippen molar-refractivity contribution in [2.75, 3.05) is 6.26 Å². The minimum absolute atomic E-state index is 0.586. The molecule has 1 aromatic heterocycles. The van der Waals surface area contributed by atoms with Gasteiger partial charge in [-0.25, -0.2) is 12.4 Å². The third-order valence-electron chi connectivity index (χ3n) is 3.12. The highest BCUT2D eigenvalue weighted by molar-refractivity contribution is 7.89. The van der Waals surface area contributed by atoms with Gasteiger partial charge in [-0.1, -0.05) is 41.9 Å². The first-order valence-corrected chi connectivity index (χ1v) is 8.26. The number of hydrogen-bond donors (Lipinski definition) is 0. The van der Waals surface area contributed by atoms with Gasteiger partial charge in [-0.3, -0.25) is 0 Å². The van der Waals surface area contributed by atoms with Crippen LogP contribution in [0.5, 0.6) is 0 Å². The Hall–Kier alpha value is -1.78. The molecule has 0 aliphatic heterocycles. The van der Waals surface area contributed by atoms with Crippen molar-refractivity contribution in [3.05, 3.63) is 59.6 Å². The molecule has 0 aliphatic carbocycles. The van der Waals surface area contributed by atoms with Crippen LogP contribution in [0.15, 0.2) is 54.6 Å². The van der Waals surface area contributed by atoms with Crippen LogP contribution >= 0.6 is 11.6 Å². The van der Waals surface area contributed by atoms with E-state index in [2.05, 4.69) is 0 Å². The van der Waals surface area contributed by atoms with Crippen molar-refractivity contribution >= 4 is 32.5 Å². The number of rotatable bonds is 2. The van der Waals surface area contributed by atoms with Crippen LogP contribution in [0.2, 0.25) is 5.02 Å². The average Bonchev–Trinajstić information content (AvgIpc) is 2.78. The third kappa shape index (κ3) is 2.21. The van der Waals surface area contributed by atoms with E-state index in [1.54, 1.807) is 18.2 Å². The van der Waals surface area contributed by atoms with Crippen LogP contribution in [0.25, 0.3) is 22.2 Å². The van der Waals surface area contributed by atoms with Gasteiger partial charge in [0.2, 0.25) is 10.0 Å². The molecule has 3 rings (SSSR count). The summed E-state index contributed by atoms with van der Waals surface area (Å²) in [6, 6.07) is 16.5. The molecule has 0 aliphatic rings. The lowest BCUT2D eigenvalue weighted by molar-refractivity contribution is 0.595. The fourth-order valence-corrected chi connectivity index (χ4v) is 3.55. The Labute approximate surface area is 122 Å². The lowest BCUT2D eigenvalue weighted by Crippen LogP contribution is -2.10. The van der Waals surface area contributed by atoms with Crippen molar-refractivity contribution in [1.29, 1.82) is 0 Å². The van der Waals surface area contributed by atoms with Crippen molar-refractivity contribution in [2.24, 2.45) is 0 Å². The fourth-order valence-electron chi connectivity index (χ4n) is 2.33. The van der Waals surface area contributed by atoms with Crippen molar-refractivity contribution in [1.82, 2.24) is 3.97 Å². The molecule has 0 spiro atoms. The molecule has 2 aromatic carbocycles. The van der Waals surface area contributed by atoms with Gasteiger partial charge in [0.05, 0.1) is 17.5 Å². The average molecular weight is 306 g/mol. The Balaban J connectivity index is 2.43. The van der Waals surface area contributed by atoms with E-state index in [1.165, 1.54) is 10.2 Å². The number of halogens is 1. The Morgan fingerprint density at radius 1 is 1.00 bits per heavy atom. The molecular weight excluding hydrogens is 294 g/mol. The molecule has 0 unspecified atom stereocenters. The lowest BCUT2D eigenvalue weighted by Gasteiger charge is -2.08. The summed E-state index contributed by atoms with van der Waals surface area (Å²) in [5.41, 5.74) is 2.13. The van der Waals surface area contributed by atoms with Gasteiger partial charge in [-0.2, -0.15) is 0 Å². The minimum Gasteiger partial charge on any atom is -0.237 e. The van der Waals surface area contributed by atoms with Crippen molar-refractivity contribution in [3.63, 3.8) is 0 Å². The van der Waals surface area contributed by atoms with E-state index in [0.29, 0.717) is 16.2 Å². The Morgan fingerprint density at radius 3 is 2.35 bits per heavy atom. The van der Waals surface area contributed by atoms with E-state index < -0.39 is 10.0 Å². The van der Waals surface area contributed by atoms with Crippen LogP contribution < -0.4 is 0 Å². The number of benzene rings is 2. The summed E-state index contributed by atoms with van der Waals surface area (Å²) in [5.74, 6) is 0. The normalized spacial score (nSPS) is 11.9. The summed E-state index contributed by atoms with van der Waals surface area (Å²) >= 11 is 5.98. The zero-order valence-corrected chi connectivity index (χ0v) is 12.3.